The summed E-state index contributed by atoms with van der Waals surface area (Å²) in [5.41, 5.74) is 1.70. The number of carboxylic acid groups (broad SMARTS) is 1. The van der Waals surface area contributed by atoms with Gasteiger partial charge < -0.3 is 15.0 Å². The molecule has 122 valence electrons. The summed E-state index contributed by atoms with van der Waals surface area (Å²) >= 11 is 1.65. The number of thioether (sulfide) groups is 1. The van der Waals surface area contributed by atoms with Crippen LogP contribution in [0.15, 0.2) is 18.2 Å². The quantitative estimate of drug-likeness (QED) is 0.904. The number of amides is 1. The molecular weight excluding hydrogens is 319 g/mol. The van der Waals surface area contributed by atoms with E-state index >= 15 is 0 Å². The maximum Gasteiger partial charge on any atom is 0.305 e. The zero-order valence-corrected chi connectivity index (χ0v) is 13.5. The maximum atomic E-state index is 13.5. The van der Waals surface area contributed by atoms with Gasteiger partial charge in [-0.05, 0) is 30.7 Å². The van der Waals surface area contributed by atoms with E-state index in [-0.39, 0.29) is 24.2 Å². The SMILES string of the molecule is Cc1cc(F)cc2[nH]c(C(=O)N3CCSCC3CC(=O)O)cc12. The predicted octanol–water partition coefficient (Wildman–Crippen LogP) is 2.65. The molecule has 2 aromatic rings. The van der Waals surface area contributed by atoms with E-state index in [4.69, 9.17) is 5.11 Å². The van der Waals surface area contributed by atoms with E-state index in [1.165, 1.54) is 12.1 Å². The Morgan fingerprint density at radius 3 is 2.96 bits per heavy atom. The van der Waals surface area contributed by atoms with Crippen molar-refractivity contribution in [2.24, 2.45) is 0 Å². The maximum absolute atomic E-state index is 13.5. The normalized spacial score (nSPS) is 18.3. The number of hydrogen-bond acceptors (Lipinski definition) is 3. The highest BCUT2D eigenvalue weighted by Gasteiger charge is 2.30. The Morgan fingerprint density at radius 1 is 1.43 bits per heavy atom. The van der Waals surface area contributed by atoms with Crippen molar-refractivity contribution < 1.29 is 19.1 Å². The number of carbonyl (C=O) groups is 2. The first kappa shape index (κ1) is 15.9. The van der Waals surface area contributed by atoms with E-state index in [2.05, 4.69) is 4.98 Å². The Balaban J connectivity index is 1.92. The van der Waals surface area contributed by atoms with Crippen molar-refractivity contribution in [1.82, 2.24) is 9.88 Å². The van der Waals surface area contributed by atoms with Crippen molar-refractivity contribution >= 4 is 34.5 Å². The third kappa shape index (κ3) is 3.19. The third-order valence-electron chi connectivity index (χ3n) is 4.04. The van der Waals surface area contributed by atoms with Crippen LogP contribution in [-0.4, -0.2) is 51.0 Å². The number of nitrogens with zero attached hydrogens (tertiary/aromatic N) is 1. The van der Waals surface area contributed by atoms with Crippen LogP contribution in [0.4, 0.5) is 4.39 Å². The fourth-order valence-corrected chi connectivity index (χ4v) is 4.00. The first-order chi connectivity index (χ1) is 11.0. The summed E-state index contributed by atoms with van der Waals surface area (Å²) in [7, 11) is 0. The minimum atomic E-state index is -0.912. The number of carbonyl (C=O) groups excluding carboxylic acids is 1. The first-order valence-corrected chi connectivity index (χ1v) is 8.50. The number of aryl methyl sites for hydroxylation is 1. The lowest BCUT2D eigenvalue weighted by molar-refractivity contribution is -0.138. The molecule has 1 fully saturated rings. The van der Waals surface area contributed by atoms with Gasteiger partial charge in [-0.25, -0.2) is 4.39 Å². The molecule has 0 saturated carbocycles. The molecule has 0 bridgehead atoms. The lowest BCUT2D eigenvalue weighted by Gasteiger charge is -2.34. The van der Waals surface area contributed by atoms with Crippen molar-refractivity contribution in [2.45, 2.75) is 19.4 Å². The van der Waals surface area contributed by atoms with Crippen molar-refractivity contribution in [2.75, 3.05) is 18.1 Å². The molecule has 1 amide bonds. The molecule has 1 aliphatic heterocycles. The third-order valence-corrected chi connectivity index (χ3v) is 5.13. The van der Waals surface area contributed by atoms with Crippen LogP contribution in [0, 0.1) is 12.7 Å². The molecule has 0 radical (unpaired) electrons. The lowest BCUT2D eigenvalue weighted by Crippen LogP contribution is -2.47. The van der Waals surface area contributed by atoms with Gasteiger partial charge in [0.25, 0.3) is 5.91 Å². The van der Waals surface area contributed by atoms with Crippen molar-refractivity contribution in [3.8, 4) is 0 Å². The molecule has 1 unspecified atom stereocenters. The number of fused-ring (bicyclic) bond motifs is 1. The van der Waals surface area contributed by atoms with Crippen molar-refractivity contribution in [1.29, 1.82) is 0 Å². The highest BCUT2D eigenvalue weighted by Crippen LogP contribution is 2.25. The molecule has 0 aliphatic carbocycles. The number of H-pyrrole nitrogens is 1. The number of hydrogen-bond donors (Lipinski definition) is 2. The summed E-state index contributed by atoms with van der Waals surface area (Å²) in [6, 6.07) is 4.18. The molecule has 5 nitrogen and oxygen atoms in total. The zero-order chi connectivity index (χ0) is 16.6. The summed E-state index contributed by atoms with van der Waals surface area (Å²) in [6.07, 6.45) is -0.0629. The van der Waals surface area contributed by atoms with Crippen LogP contribution in [0.3, 0.4) is 0 Å². The average molecular weight is 336 g/mol. The Kier molecular flexibility index (Phi) is 4.30. The number of halogens is 1. The summed E-state index contributed by atoms with van der Waals surface area (Å²) in [5.74, 6) is -0.0896. The van der Waals surface area contributed by atoms with Crippen LogP contribution in [0.2, 0.25) is 0 Å². The van der Waals surface area contributed by atoms with Gasteiger partial charge in [0.15, 0.2) is 0 Å². The Labute approximate surface area is 136 Å². The zero-order valence-electron chi connectivity index (χ0n) is 12.6. The van der Waals surface area contributed by atoms with Gasteiger partial charge in [-0.1, -0.05) is 0 Å². The number of aromatic nitrogens is 1. The van der Waals surface area contributed by atoms with Crippen LogP contribution in [-0.2, 0) is 4.79 Å². The predicted molar refractivity (Wildman–Crippen MR) is 87.4 cm³/mol. The molecule has 23 heavy (non-hydrogen) atoms. The van der Waals surface area contributed by atoms with Gasteiger partial charge in [0.2, 0.25) is 0 Å². The van der Waals surface area contributed by atoms with Gasteiger partial charge in [0.05, 0.1) is 12.5 Å². The van der Waals surface area contributed by atoms with E-state index < -0.39 is 5.97 Å². The number of aromatic amines is 1. The first-order valence-electron chi connectivity index (χ1n) is 7.35. The fraction of sp³-hybridized carbons (Fsp3) is 0.375. The van der Waals surface area contributed by atoms with Crippen LogP contribution >= 0.6 is 11.8 Å². The Morgan fingerprint density at radius 2 is 2.22 bits per heavy atom. The van der Waals surface area contributed by atoms with Gasteiger partial charge in [0.1, 0.15) is 11.5 Å². The number of carboxylic acids is 1. The molecule has 3 rings (SSSR count). The summed E-state index contributed by atoms with van der Waals surface area (Å²) in [6.45, 7) is 2.31. The van der Waals surface area contributed by atoms with Gasteiger partial charge in [-0.15, -0.1) is 0 Å². The molecule has 2 N–H and O–H groups in total. The van der Waals surface area contributed by atoms with E-state index in [1.807, 2.05) is 0 Å². The van der Waals surface area contributed by atoms with E-state index in [0.717, 1.165) is 16.7 Å². The smallest absolute Gasteiger partial charge is 0.305 e. The van der Waals surface area contributed by atoms with E-state index in [9.17, 15) is 14.0 Å². The Bertz CT molecular complexity index is 774. The van der Waals surface area contributed by atoms with Gasteiger partial charge in [-0.3, -0.25) is 9.59 Å². The molecule has 0 spiro atoms. The molecule has 1 aliphatic rings. The second-order valence-electron chi connectivity index (χ2n) is 5.69. The van der Waals surface area contributed by atoms with Gasteiger partial charge >= 0.3 is 5.97 Å². The number of aliphatic carboxylic acids is 1. The molecule has 1 aromatic carbocycles. The van der Waals surface area contributed by atoms with Crippen LogP contribution in [0.5, 0.6) is 0 Å². The molecule has 1 atom stereocenters. The fourth-order valence-electron chi connectivity index (χ4n) is 2.94. The van der Waals surface area contributed by atoms with E-state index in [0.29, 0.717) is 23.5 Å². The minimum absolute atomic E-state index is 0.0629. The topological polar surface area (TPSA) is 73.4 Å². The van der Waals surface area contributed by atoms with Crippen LogP contribution < -0.4 is 0 Å². The Hall–Kier alpha value is -2.02. The molecule has 1 aromatic heterocycles. The molecular formula is C16H17FN2O3S. The highest BCUT2D eigenvalue weighted by molar-refractivity contribution is 7.99. The summed E-state index contributed by atoms with van der Waals surface area (Å²) in [4.78, 5) is 28.3. The standard InChI is InChI=1S/C16H17FN2O3S/c1-9-4-10(17)5-13-12(9)7-14(18-13)16(22)19-2-3-23-8-11(19)6-15(20)21/h4-5,7,11,18H,2-3,6,8H2,1H3,(H,20,21). The monoisotopic (exact) mass is 336 g/mol. The summed E-state index contributed by atoms with van der Waals surface area (Å²) < 4.78 is 13.5. The second-order valence-corrected chi connectivity index (χ2v) is 6.84. The lowest BCUT2D eigenvalue weighted by atomic mass is 10.1. The van der Waals surface area contributed by atoms with Crippen LogP contribution in [0.25, 0.3) is 10.9 Å². The van der Waals surface area contributed by atoms with Crippen molar-refractivity contribution in [3.63, 3.8) is 0 Å². The average Bonchev–Trinajstić information content (AvgIpc) is 2.90. The number of nitrogens with one attached hydrogen (secondary N) is 1. The minimum Gasteiger partial charge on any atom is -0.481 e. The highest BCUT2D eigenvalue weighted by atomic mass is 32.2. The number of rotatable bonds is 3. The second kappa shape index (κ2) is 6.23. The number of benzene rings is 1. The largest absolute Gasteiger partial charge is 0.481 e. The summed E-state index contributed by atoms with van der Waals surface area (Å²) in [5, 5.41) is 9.82. The van der Waals surface area contributed by atoms with Gasteiger partial charge in [-0.2, -0.15) is 11.8 Å². The molecule has 7 heteroatoms. The molecule has 2 heterocycles. The van der Waals surface area contributed by atoms with Gasteiger partial charge in [0, 0.05) is 29.0 Å². The van der Waals surface area contributed by atoms with E-state index in [1.54, 1.807) is 29.7 Å². The van der Waals surface area contributed by atoms with Crippen LogP contribution in [0.1, 0.15) is 22.5 Å². The molecule has 1 saturated heterocycles. The van der Waals surface area contributed by atoms with Crippen molar-refractivity contribution in [3.05, 3.63) is 35.3 Å².